The molecule has 0 amide bonds. The zero-order valence-electron chi connectivity index (χ0n) is 7.62. The minimum atomic E-state index is -0.0149. The van der Waals surface area contributed by atoms with Crippen LogP contribution in [0.3, 0.4) is 0 Å². The lowest BCUT2D eigenvalue weighted by Gasteiger charge is -2.03. The van der Waals surface area contributed by atoms with E-state index in [0.717, 1.165) is 12.8 Å². The maximum Gasteiger partial charge on any atom is 0.234 e. The van der Waals surface area contributed by atoms with Gasteiger partial charge in [-0.1, -0.05) is 5.16 Å². The molecule has 1 heterocycles. The molecule has 5 heteroatoms. The van der Waals surface area contributed by atoms with Gasteiger partial charge in [0.2, 0.25) is 5.89 Å². The molecule has 1 aliphatic rings. The van der Waals surface area contributed by atoms with E-state index in [2.05, 4.69) is 10.1 Å². The summed E-state index contributed by atoms with van der Waals surface area (Å²) in [6.07, 6.45) is 2.11. The number of ether oxygens (including phenoxy) is 1. The van der Waals surface area contributed by atoms with Crippen LogP contribution in [-0.2, 0) is 16.8 Å². The van der Waals surface area contributed by atoms with E-state index in [4.69, 9.17) is 15.0 Å². The summed E-state index contributed by atoms with van der Waals surface area (Å²) >= 11 is 0. The second-order valence-corrected chi connectivity index (χ2v) is 3.43. The van der Waals surface area contributed by atoms with Gasteiger partial charge in [0.15, 0.2) is 5.82 Å². The number of methoxy groups -OCH3 is 1. The smallest absolute Gasteiger partial charge is 0.234 e. The van der Waals surface area contributed by atoms with Crippen molar-refractivity contribution in [2.75, 3.05) is 13.7 Å². The minimum Gasteiger partial charge on any atom is -0.377 e. The normalized spacial score (nSPS) is 18.9. The maximum absolute atomic E-state index is 5.63. The van der Waals surface area contributed by atoms with Gasteiger partial charge in [-0.05, 0) is 12.8 Å². The Bertz CT molecular complexity index is 293. The molecular formula is C8H13N3O2. The van der Waals surface area contributed by atoms with Crippen LogP contribution in [-0.4, -0.2) is 23.8 Å². The standard InChI is InChI=1S/C8H13N3O2/c1-12-4-6-10-7(13-11-6)8(5-9)2-3-8/h2-5,9H2,1H3. The van der Waals surface area contributed by atoms with Crippen molar-refractivity contribution in [1.82, 2.24) is 10.1 Å². The Hall–Kier alpha value is -0.940. The van der Waals surface area contributed by atoms with Gasteiger partial charge in [-0.25, -0.2) is 0 Å². The zero-order valence-corrected chi connectivity index (χ0v) is 7.62. The molecule has 0 spiro atoms. The highest BCUT2D eigenvalue weighted by Crippen LogP contribution is 2.46. The molecule has 5 nitrogen and oxygen atoms in total. The molecule has 0 radical (unpaired) electrons. The highest BCUT2D eigenvalue weighted by atomic mass is 16.5. The van der Waals surface area contributed by atoms with Gasteiger partial charge in [-0.3, -0.25) is 0 Å². The molecule has 13 heavy (non-hydrogen) atoms. The molecule has 0 aromatic carbocycles. The molecule has 0 unspecified atom stereocenters. The Kier molecular flexibility index (Phi) is 2.05. The summed E-state index contributed by atoms with van der Waals surface area (Å²) in [5.41, 5.74) is 5.61. The first kappa shape index (κ1) is 8.65. The SMILES string of the molecule is COCc1noc(C2(CN)CC2)n1. The molecule has 0 saturated heterocycles. The summed E-state index contributed by atoms with van der Waals surface area (Å²) in [5, 5.41) is 3.79. The number of nitrogens with zero attached hydrogens (tertiary/aromatic N) is 2. The number of nitrogens with two attached hydrogens (primary N) is 1. The van der Waals surface area contributed by atoms with Crippen molar-refractivity contribution < 1.29 is 9.26 Å². The lowest BCUT2D eigenvalue weighted by molar-refractivity contribution is 0.174. The van der Waals surface area contributed by atoms with E-state index in [0.29, 0.717) is 24.9 Å². The average Bonchev–Trinajstić information content (AvgIpc) is 2.82. The molecule has 0 bridgehead atoms. The fourth-order valence-electron chi connectivity index (χ4n) is 1.31. The molecule has 1 aliphatic carbocycles. The minimum absolute atomic E-state index is 0.0149. The van der Waals surface area contributed by atoms with E-state index in [-0.39, 0.29) is 5.41 Å². The van der Waals surface area contributed by atoms with Crippen molar-refractivity contribution in [3.8, 4) is 0 Å². The van der Waals surface area contributed by atoms with Gasteiger partial charge in [0.25, 0.3) is 0 Å². The van der Waals surface area contributed by atoms with Crippen LogP contribution in [0.2, 0.25) is 0 Å². The lowest BCUT2D eigenvalue weighted by Crippen LogP contribution is -2.20. The van der Waals surface area contributed by atoms with E-state index in [9.17, 15) is 0 Å². The number of hydrogen-bond donors (Lipinski definition) is 1. The van der Waals surface area contributed by atoms with Crippen molar-refractivity contribution in [3.63, 3.8) is 0 Å². The molecule has 0 aliphatic heterocycles. The van der Waals surface area contributed by atoms with Crippen molar-refractivity contribution in [1.29, 1.82) is 0 Å². The van der Waals surface area contributed by atoms with Crippen LogP contribution in [0.25, 0.3) is 0 Å². The highest BCUT2D eigenvalue weighted by molar-refractivity contribution is 5.16. The van der Waals surface area contributed by atoms with Gasteiger partial charge >= 0.3 is 0 Å². The molecule has 2 N–H and O–H groups in total. The molecule has 0 atom stereocenters. The lowest BCUT2D eigenvalue weighted by atomic mass is 10.1. The van der Waals surface area contributed by atoms with Crippen LogP contribution in [0.1, 0.15) is 24.6 Å². The van der Waals surface area contributed by atoms with Crippen molar-refractivity contribution >= 4 is 0 Å². The van der Waals surface area contributed by atoms with E-state index in [1.54, 1.807) is 7.11 Å². The monoisotopic (exact) mass is 183 g/mol. The van der Waals surface area contributed by atoms with Crippen LogP contribution in [0.4, 0.5) is 0 Å². The highest BCUT2D eigenvalue weighted by Gasteiger charge is 2.48. The van der Waals surface area contributed by atoms with Crippen LogP contribution in [0.5, 0.6) is 0 Å². The van der Waals surface area contributed by atoms with Crippen LogP contribution >= 0.6 is 0 Å². The summed E-state index contributed by atoms with van der Waals surface area (Å²) < 4.78 is 10.0. The third-order valence-electron chi connectivity index (χ3n) is 2.44. The van der Waals surface area contributed by atoms with Gasteiger partial charge < -0.3 is 15.0 Å². The summed E-state index contributed by atoms with van der Waals surface area (Å²) in [5.74, 6) is 1.26. The average molecular weight is 183 g/mol. The summed E-state index contributed by atoms with van der Waals surface area (Å²) in [6.45, 7) is 0.978. The van der Waals surface area contributed by atoms with Gasteiger partial charge in [-0.2, -0.15) is 4.98 Å². The number of aromatic nitrogens is 2. The van der Waals surface area contributed by atoms with E-state index in [1.807, 2.05) is 0 Å². The van der Waals surface area contributed by atoms with E-state index in [1.165, 1.54) is 0 Å². The molecule has 1 aromatic heterocycles. The van der Waals surface area contributed by atoms with Gasteiger partial charge in [0, 0.05) is 13.7 Å². The van der Waals surface area contributed by atoms with E-state index < -0.39 is 0 Å². The van der Waals surface area contributed by atoms with Gasteiger partial charge in [0.05, 0.1) is 5.41 Å². The fraction of sp³-hybridized carbons (Fsp3) is 0.750. The maximum atomic E-state index is 5.63. The molecule has 1 aromatic rings. The Balaban J connectivity index is 2.13. The third kappa shape index (κ3) is 1.45. The van der Waals surface area contributed by atoms with Crippen LogP contribution < -0.4 is 5.73 Å². The van der Waals surface area contributed by atoms with Gasteiger partial charge in [0.1, 0.15) is 6.61 Å². The van der Waals surface area contributed by atoms with E-state index >= 15 is 0 Å². The van der Waals surface area contributed by atoms with Crippen molar-refractivity contribution in [3.05, 3.63) is 11.7 Å². The first-order chi connectivity index (χ1) is 6.30. The first-order valence-corrected chi connectivity index (χ1v) is 4.33. The Morgan fingerprint density at radius 2 is 2.38 bits per heavy atom. The molecule has 2 rings (SSSR count). The Morgan fingerprint density at radius 3 is 2.92 bits per heavy atom. The summed E-state index contributed by atoms with van der Waals surface area (Å²) in [4.78, 5) is 4.22. The van der Waals surface area contributed by atoms with Crippen molar-refractivity contribution in [2.24, 2.45) is 5.73 Å². The number of hydrogen-bond acceptors (Lipinski definition) is 5. The second kappa shape index (κ2) is 3.08. The molecular weight excluding hydrogens is 170 g/mol. The molecule has 72 valence electrons. The largest absolute Gasteiger partial charge is 0.377 e. The molecule has 1 saturated carbocycles. The van der Waals surface area contributed by atoms with Gasteiger partial charge in [-0.15, -0.1) is 0 Å². The van der Waals surface area contributed by atoms with Crippen molar-refractivity contribution in [2.45, 2.75) is 24.9 Å². The topological polar surface area (TPSA) is 74.2 Å². The molecule has 1 fully saturated rings. The predicted molar refractivity (Wildman–Crippen MR) is 45.0 cm³/mol. The predicted octanol–water partition coefficient (Wildman–Crippen LogP) is 0.206. The third-order valence-corrected chi connectivity index (χ3v) is 2.44. The quantitative estimate of drug-likeness (QED) is 0.722. The second-order valence-electron chi connectivity index (χ2n) is 3.43. The van der Waals surface area contributed by atoms with Crippen LogP contribution in [0, 0.1) is 0 Å². The fourth-order valence-corrected chi connectivity index (χ4v) is 1.31. The Morgan fingerprint density at radius 1 is 1.62 bits per heavy atom. The summed E-state index contributed by atoms with van der Waals surface area (Å²) in [6, 6.07) is 0. The Labute approximate surface area is 76.3 Å². The van der Waals surface area contributed by atoms with Crippen LogP contribution in [0.15, 0.2) is 4.52 Å². The summed E-state index contributed by atoms with van der Waals surface area (Å²) in [7, 11) is 1.60. The first-order valence-electron chi connectivity index (χ1n) is 4.33. The zero-order chi connectivity index (χ0) is 9.31. The number of rotatable bonds is 4.